The molecule has 0 fully saturated rings. The van der Waals surface area contributed by atoms with Crippen molar-refractivity contribution < 1.29 is 35.9 Å². The van der Waals surface area contributed by atoms with E-state index in [9.17, 15) is 31.1 Å². The molecule has 1 unspecified atom stereocenters. The number of para-hydroxylation sites is 1. The van der Waals surface area contributed by atoms with Gasteiger partial charge in [0, 0.05) is 5.56 Å². The van der Waals surface area contributed by atoms with Crippen LogP contribution in [0.5, 0.6) is 11.5 Å². The molecule has 0 saturated carbocycles. The summed E-state index contributed by atoms with van der Waals surface area (Å²) in [6, 6.07) is 16.2. The molecular formula is C21H14F6LiO2P. The van der Waals surface area contributed by atoms with E-state index in [4.69, 9.17) is 4.74 Å². The van der Waals surface area contributed by atoms with Crippen LogP contribution in [0.4, 0.5) is 26.3 Å². The third kappa shape index (κ3) is 6.36. The van der Waals surface area contributed by atoms with Gasteiger partial charge in [0.1, 0.15) is 11.5 Å². The van der Waals surface area contributed by atoms with Crippen LogP contribution in [0, 0.1) is 0 Å². The maximum atomic E-state index is 13.2. The summed E-state index contributed by atoms with van der Waals surface area (Å²) in [6.45, 7) is 0. The minimum absolute atomic E-state index is 0. The molecule has 3 aromatic carbocycles. The van der Waals surface area contributed by atoms with Gasteiger partial charge in [-0.2, -0.15) is 26.3 Å². The maximum absolute atomic E-state index is 13.2. The van der Waals surface area contributed by atoms with Gasteiger partial charge in [0.25, 0.3) is 0 Å². The van der Waals surface area contributed by atoms with Crippen LogP contribution in [0.3, 0.4) is 0 Å². The molecule has 31 heavy (non-hydrogen) atoms. The van der Waals surface area contributed by atoms with Crippen molar-refractivity contribution in [2.45, 2.75) is 12.4 Å². The number of alkyl halides is 6. The summed E-state index contributed by atoms with van der Waals surface area (Å²) in [7, 11) is -0.924. The zero-order chi connectivity index (χ0) is 21.9. The fourth-order valence-electron chi connectivity index (χ4n) is 2.69. The number of hydrogen-bond donors (Lipinski definition) is 0. The Labute approximate surface area is 187 Å². The molecule has 0 aliphatic rings. The molecule has 0 radical (unpaired) electrons. The Morgan fingerprint density at radius 3 is 1.65 bits per heavy atom. The van der Waals surface area contributed by atoms with Crippen molar-refractivity contribution in [1.82, 2.24) is 0 Å². The first kappa shape index (κ1) is 25.0. The van der Waals surface area contributed by atoms with Gasteiger partial charge in [-0.25, -0.2) is 0 Å². The van der Waals surface area contributed by atoms with Gasteiger partial charge in [-0.05, 0) is 50.3 Å². The topological polar surface area (TPSA) is 26.3 Å². The first-order valence-electron chi connectivity index (χ1n) is 8.47. The van der Waals surface area contributed by atoms with E-state index in [1.165, 1.54) is 24.3 Å². The summed E-state index contributed by atoms with van der Waals surface area (Å²) in [4.78, 5) is 12.5. The monoisotopic (exact) mass is 450 g/mol. The summed E-state index contributed by atoms with van der Waals surface area (Å²) in [6.07, 6.45) is -10.2. The van der Waals surface area contributed by atoms with Gasteiger partial charge < -0.3 is 4.74 Å². The standard InChI is InChI=1S/C21H13F6O2P.Li.H/c22-20(23,24)16-7-4-8-17(21(25,26)27)18(16)19(28)30-15-11-9-14(10-12-15)29-13-5-2-1-3-6-13;;/h1-12,30H;;. The predicted octanol–water partition coefficient (Wildman–Crippen LogP) is 6.01. The first-order chi connectivity index (χ1) is 14.1. The number of ether oxygens (including phenoxy) is 1. The van der Waals surface area contributed by atoms with Crippen molar-refractivity contribution >= 4 is 38.3 Å². The molecular weight excluding hydrogens is 436 g/mol. The Kier molecular flexibility index (Phi) is 7.99. The Bertz CT molecular complexity index is 1000. The van der Waals surface area contributed by atoms with Crippen LogP contribution in [-0.4, -0.2) is 24.4 Å². The van der Waals surface area contributed by atoms with Gasteiger partial charge >= 0.3 is 31.2 Å². The van der Waals surface area contributed by atoms with E-state index >= 15 is 0 Å². The van der Waals surface area contributed by atoms with E-state index < -0.39 is 43.1 Å². The number of halogens is 6. The fourth-order valence-corrected chi connectivity index (χ4v) is 3.68. The molecule has 0 N–H and O–H groups in total. The third-order valence-electron chi connectivity index (χ3n) is 3.99. The molecule has 3 aromatic rings. The van der Waals surface area contributed by atoms with Gasteiger partial charge in [0.05, 0.1) is 11.1 Å². The van der Waals surface area contributed by atoms with Gasteiger partial charge in [-0.15, -0.1) is 0 Å². The summed E-state index contributed by atoms with van der Waals surface area (Å²) >= 11 is 0. The molecule has 10 heteroatoms. The second-order valence-electron chi connectivity index (χ2n) is 6.12. The van der Waals surface area contributed by atoms with Crippen LogP contribution in [0.2, 0.25) is 0 Å². The number of carbonyl (C=O) groups excluding carboxylic acids is 1. The predicted molar refractivity (Wildman–Crippen MR) is 109 cm³/mol. The molecule has 1 atom stereocenters. The molecule has 158 valence electrons. The van der Waals surface area contributed by atoms with Crippen LogP contribution in [-0.2, 0) is 12.4 Å². The van der Waals surface area contributed by atoms with Crippen LogP contribution >= 0.6 is 8.58 Å². The van der Waals surface area contributed by atoms with Gasteiger partial charge in [-0.3, -0.25) is 4.79 Å². The quantitative estimate of drug-likeness (QED) is 0.270. The SMILES string of the molecule is O=C(Pc1ccc(Oc2ccccc2)cc1)c1c(C(F)(F)F)cccc1C(F)(F)F.[LiH]. The second kappa shape index (κ2) is 9.91. The van der Waals surface area contributed by atoms with Crippen molar-refractivity contribution in [2.75, 3.05) is 0 Å². The van der Waals surface area contributed by atoms with Crippen LogP contribution in [0.1, 0.15) is 21.5 Å². The van der Waals surface area contributed by atoms with Gasteiger partial charge in [0.2, 0.25) is 0 Å². The normalized spacial score (nSPS) is 11.9. The molecule has 0 heterocycles. The van der Waals surface area contributed by atoms with E-state index in [0.29, 0.717) is 29.7 Å². The van der Waals surface area contributed by atoms with Crippen molar-refractivity contribution in [3.8, 4) is 11.5 Å². The van der Waals surface area contributed by atoms with E-state index in [1.54, 1.807) is 30.3 Å². The Hall–Kier alpha value is -2.26. The van der Waals surface area contributed by atoms with Crippen LogP contribution in [0.15, 0.2) is 72.8 Å². The first-order valence-corrected chi connectivity index (χ1v) is 9.47. The van der Waals surface area contributed by atoms with Gasteiger partial charge in [0.15, 0.2) is 5.52 Å². The Morgan fingerprint density at radius 2 is 1.16 bits per heavy atom. The van der Waals surface area contributed by atoms with Crippen LogP contribution < -0.4 is 10.0 Å². The molecule has 0 spiro atoms. The summed E-state index contributed by atoms with van der Waals surface area (Å²) in [5.41, 5.74) is -5.80. The van der Waals surface area contributed by atoms with E-state index in [0.717, 1.165) is 0 Å². The van der Waals surface area contributed by atoms with E-state index in [-0.39, 0.29) is 24.2 Å². The van der Waals surface area contributed by atoms with Crippen molar-refractivity contribution in [1.29, 1.82) is 0 Å². The number of benzene rings is 3. The van der Waals surface area contributed by atoms with Crippen molar-refractivity contribution in [3.05, 3.63) is 89.5 Å². The zero-order valence-electron chi connectivity index (χ0n) is 15.0. The average molecular weight is 450 g/mol. The summed E-state index contributed by atoms with van der Waals surface area (Å²) in [5.74, 6) is 0.964. The molecule has 0 saturated heterocycles. The van der Waals surface area contributed by atoms with Gasteiger partial charge in [-0.1, -0.05) is 36.4 Å². The summed E-state index contributed by atoms with van der Waals surface area (Å²) < 4.78 is 85.0. The average Bonchev–Trinajstić information content (AvgIpc) is 2.68. The summed E-state index contributed by atoms with van der Waals surface area (Å²) in [5, 5.41) is 0.283. The molecule has 0 amide bonds. The number of rotatable bonds is 5. The Balaban J connectivity index is 0.00000341. The molecule has 3 rings (SSSR count). The van der Waals surface area contributed by atoms with Crippen molar-refractivity contribution in [3.63, 3.8) is 0 Å². The molecule has 0 aliphatic carbocycles. The number of hydrogen-bond acceptors (Lipinski definition) is 2. The van der Waals surface area contributed by atoms with Crippen molar-refractivity contribution in [2.24, 2.45) is 0 Å². The third-order valence-corrected chi connectivity index (χ3v) is 5.09. The van der Waals surface area contributed by atoms with E-state index in [2.05, 4.69) is 0 Å². The fraction of sp³-hybridized carbons (Fsp3) is 0.0952. The minimum atomic E-state index is -5.09. The molecule has 0 aliphatic heterocycles. The molecule has 0 bridgehead atoms. The zero-order valence-corrected chi connectivity index (χ0v) is 16.0. The number of carbonyl (C=O) groups is 1. The molecule has 2 nitrogen and oxygen atoms in total. The molecule has 0 aromatic heterocycles. The van der Waals surface area contributed by atoms with E-state index in [1.807, 2.05) is 0 Å². The van der Waals surface area contributed by atoms with Crippen LogP contribution in [0.25, 0.3) is 0 Å². The Morgan fingerprint density at radius 1 is 0.677 bits per heavy atom. The second-order valence-corrected chi connectivity index (χ2v) is 7.40.